The Morgan fingerprint density at radius 3 is 2.48 bits per heavy atom. The van der Waals surface area contributed by atoms with Crippen molar-refractivity contribution in [3.8, 4) is 5.75 Å². The highest BCUT2D eigenvalue weighted by atomic mass is 16.7. The predicted molar refractivity (Wildman–Crippen MR) is 81.2 cm³/mol. The minimum absolute atomic E-state index is 0.0544. The van der Waals surface area contributed by atoms with Crippen molar-refractivity contribution in [1.82, 2.24) is 0 Å². The zero-order valence-corrected chi connectivity index (χ0v) is 13.0. The van der Waals surface area contributed by atoms with Crippen molar-refractivity contribution in [2.45, 2.75) is 50.5 Å². The van der Waals surface area contributed by atoms with Gasteiger partial charge in [0.1, 0.15) is 24.4 Å². The number of aliphatic hydroxyl groups excluding tert-OH is 4. The normalized spacial score (nSPS) is 31.2. The summed E-state index contributed by atoms with van der Waals surface area (Å²) in [6, 6.07) is 6.31. The Balaban J connectivity index is 2.25. The first-order valence-electron chi connectivity index (χ1n) is 7.46. The van der Waals surface area contributed by atoms with Crippen LogP contribution in [-0.4, -0.2) is 57.7 Å². The van der Waals surface area contributed by atoms with Crippen LogP contribution < -0.4 is 10.2 Å². The molecule has 0 spiro atoms. The molecule has 128 valence electrons. The number of hydrogen-bond acceptors (Lipinski definition) is 7. The summed E-state index contributed by atoms with van der Waals surface area (Å²) in [5.41, 5.74) is 0.439. The fourth-order valence-electron chi connectivity index (χ4n) is 2.35. The fourth-order valence-corrected chi connectivity index (χ4v) is 2.35. The first kappa shape index (κ1) is 17.8. The molecule has 23 heavy (non-hydrogen) atoms. The van der Waals surface area contributed by atoms with E-state index in [1.54, 1.807) is 12.1 Å². The third-order valence-electron chi connectivity index (χ3n) is 3.84. The van der Waals surface area contributed by atoms with Gasteiger partial charge in [0.2, 0.25) is 11.7 Å². The summed E-state index contributed by atoms with van der Waals surface area (Å²) < 4.78 is 10.6. The molecular formula is C16H22O7. The second-order valence-electron chi connectivity index (χ2n) is 5.87. The van der Waals surface area contributed by atoms with E-state index in [4.69, 9.17) is 14.6 Å². The Morgan fingerprint density at radius 1 is 1.17 bits per heavy atom. The summed E-state index contributed by atoms with van der Waals surface area (Å²) in [7, 11) is 0. The number of ether oxygens (including phenoxy) is 2. The van der Waals surface area contributed by atoms with Gasteiger partial charge in [-0.05, 0) is 23.6 Å². The molecule has 1 aliphatic rings. The standard InChI is InChI=1S/C16H22O7/c1-8(2)9-4-3-5-11(10(18)6-9)22-16-15(21)14(20)13(19)12(7-17)23-16/h3-6,8,12-17,19-21H,7H2,1-2H3/t12-,13-,14+,15-,16-/m1/s1. The Morgan fingerprint density at radius 2 is 1.87 bits per heavy atom. The lowest BCUT2D eigenvalue weighted by molar-refractivity contribution is -0.277. The predicted octanol–water partition coefficient (Wildman–Crippen LogP) is -0.651. The summed E-state index contributed by atoms with van der Waals surface area (Å²) >= 11 is 0. The number of aliphatic hydroxyl groups is 4. The van der Waals surface area contributed by atoms with Crippen molar-refractivity contribution in [1.29, 1.82) is 0 Å². The van der Waals surface area contributed by atoms with Crippen molar-refractivity contribution in [2.24, 2.45) is 0 Å². The molecule has 1 aliphatic heterocycles. The summed E-state index contributed by atoms with van der Waals surface area (Å²) in [4.78, 5) is 12.2. The molecule has 1 fully saturated rings. The Hall–Kier alpha value is -1.51. The lowest BCUT2D eigenvalue weighted by Gasteiger charge is -2.39. The molecule has 0 aromatic heterocycles. The number of rotatable bonds is 4. The van der Waals surface area contributed by atoms with Gasteiger partial charge in [-0.2, -0.15) is 0 Å². The maximum Gasteiger partial charge on any atom is 0.229 e. The highest BCUT2D eigenvalue weighted by molar-refractivity contribution is 5.27. The summed E-state index contributed by atoms with van der Waals surface area (Å²) in [5.74, 6) is 0.108. The fraction of sp³-hybridized carbons (Fsp3) is 0.562. The quantitative estimate of drug-likeness (QED) is 0.581. The van der Waals surface area contributed by atoms with Crippen LogP contribution in [0.1, 0.15) is 25.3 Å². The van der Waals surface area contributed by atoms with E-state index in [1.807, 2.05) is 13.8 Å². The van der Waals surface area contributed by atoms with Crippen molar-refractivity contribution >= 4 is 0 Å². The van der Waals surface area contributed by atoms with Crippen LogP contribution in [0.3, 0.4) is 0 Å². The molecule has 0 radical (unpaired) electrons. The molecule has 1 heterocycles. The molecule has 1 aromatic rings. The van der Waals surface area contributed by atoms with Crippen LogP contribution in [0.15, 0.2) is 29.1 Å². The molecule has 0 saturated carbocycles. The molecule has 7 nitrogen and oxygen atoms in total. The van der Waals surface area contributed by atoms with Gasteiger partial charge in [0.15, 0.2) is 5.75 Å². The van der Waals surface area contributed by atoms with Crippen LogP contribution in [0, 0.1) is 0 Å². The Bertz CT molecular complexity index is 587. The minimum Gasteiger partial charge on any atom is -0.458 e. The monoisotopic (exact) mass is 326 g/mol. The third-order valence-corrected chi connectivity index (χ3v) is 3.84. The third kappa shape index (κ3) is 3.88. The first-order valence-corrected chi connectivity index (χ1v) is 7.46. The van der Waals surface area contributed by atoms with Gasteiger partial charge in [-0.15, -0.1) is 0 Å². The van der Waals surface area contributed by atoms with Crippen LogP contribution in [0.4, 0.5) is 0 Å². The van der Waals surface area contributed by atoms with Crippen LogP contribution in [0.25, 0.3) is 0 Å². The van der Waals surface area contributed by atoms with E-state index in [-0.39, 0.29) is 11.7 Å². The molecule has 4 N–H and O–H groups in total. The second-order valence-corrected chi connectivity index (χ2v) is 5.87. The van der Waals surface area contributed by atoms with Crippen molar-refractivity contribution in [2.75, 3.05) is 6.61 Å². The average molecular weight is 326 g/mol. The van der Waals surface area contributed by atoms with Gasteiger partial charge in [0, 0.05) is 0 Å². The van der Waals surface area contributed by atoms with E-state index in [1.165, 1.54) is 12.1 Å². The van der Waals surface area contributed by atoms with Crippen molar-refractivity contribution in [3.05, 3.63) is 40.1 Å². The SMILES string of the molecule is CC(C)c1cccc(O[C@@H]2O[C@H](CO)[C@@H](O)[C@H](O)[C@H]2O)c(=O)c1. The summed E-state index contributed by atoms with van der Waals surface area (Å²) in [6.45, 7) is 3.34. The second kappa shape index (κ2) is 7.37. The van der Waals surface area contributed by atoms with Gasteiger partial charge in [0.25, 0.3) is 0 Å². The van der Waals surface area contributed by atoms with Gasteiger partial charge in [-0.25, -0.2) is 0 Å². The van der Waals surface area contributed by atoms with Crippen LogP contribution in [0.5, 0.6) is 5.75 Å². The molecule has 1 aromatic carbocycles. The van der Waals surface area contributed by atoms with Crippen molar-refractivity contribution < 1.29 is 29.9 Å². The zero-order valence-electron chi connectivity index (χ0n) is 13.0. The van der Waals surface area contributed by atoms with Crippen molar-refractivity contribution in [3.63, 3.8) is 0 Å². The lowest BCUT2D eigenvalue weighted by Crippen LogP contribution is -2.60. The maximum absolute atomic E-state index is 12.2. The van der Waals surface area contributed by atoms with E-state index in [9.17, 15) is 20.1 Å². The molecule has 0 bridgehead atoms. The van der Waals surface area contributed by atoms with E-state index >= 15 is 0 Å². The van der Waals surface area contributed by atoms with E-state index < -0.39 is 42.7 Å². The van der Waals surface area contributed by atoms with Crippen LogP contribution >= 0.6 is 0 Å². The maximum atomic E-state index is 12.2. The Labute approximate surface area is 133 Å². The smallest absolute Gasteiger partial charge is 0.229 e. The largest absolute Gasteiger partial charge is 0.458 e. The van der Waals surface area contributed by atoms with Gasteiger partial charge in [0.05, 0.1) is 6.61 Å². The molecular weight excluding hydrogens is 304 g/mol. The average Bonchev–Trinajstić information content (AvgIpc) is 2.70. The topological polar surface area (TPSA) is 116 Å². The highest BCUT2D eigenvalue weighted by Gasteiger charge is 2.44. The lowest BCUT2D eigenvalue weighted by atomic mass is 9.99. The molecule has 0 aliphatic carbocycles. The van der Waals surface area contributed by atoms with E-state index in [2.05, 4.69) is 0 Å². The molecule has 2 rings (SSSR count). The molecule has 7 heteroatoms. The first-order chi connectivity index (χ1) is 10.8. The van der Waals surface area contributed by atoms with Crippen LogP contribution in [-0.2, 0) is 4.74 Å². The molecule has 5 atom stereocenters. The summed E-state index contributed by atoms with van der Waals surface area (Å²) in [5, 5.41) is 38.5. The van der Waals surface area contributed by atoms with E-state index in [0.717, 1.165) is 5.56 Å². The Kier molecular flexibility index (Phi) is 5.72. The van der Waals surface area contributed by atoms with Gasteiger partial charge >= 0.3 is 0 Å². The van der Waals surface area contributed by atoms with Gasteiger partial charge in [-0.1, -0.05) is 26.0 Å². The number of hydrogen-bond donors (Lipinski definition) is 4. The molecule has 0 unspecified atom stereocenters. The molecule has 0 amide bonds. The minimum atomic E-state index is -1.55. The van der Waals surface area contributed by atoms with Gasteiger partial charge in [-0.3, -0.25) is 4.79 Å². The highest BCUT2D eigenvalue weighted by Crippen LogP contribution is 2.23. The summed E-state index contributed by atoms with van der Waals surface area (Å²) in [6.07, 6.45) is -7.03. The van der Waals surface area contributed by atoms with Gasteiger partial charge < -0.3 is 29.9 Å². The molecule has 1 saturated heterocycles. The van der Waals surface area contributed by atoms with E-state index in [0.29, 0.717) is 0 Å². The zero-order chi connectivity index (χ0) is 17.1. The van der Waals surface area contributed by atoms with Crippen LogP contribution in [0.2, 0.25) is 0 Å².